The largest absolute Gasteiger partial charge is 0.370 e. The van der Waals surface area contributed by atoms with Crippen molar-refractivity contribution in [2.75, 3.05) is 20.1 Å². The molecule has 2 aromatic carbocycles. The number of carbonyl (C=O) groups is 1. The number of carbonyl (C=O) groups excluding carboxylic acids is 1. The summed E-state index contributed by atoms with van der Waals surface area (Å²) in [6.45, 7) is 2.52. The number of primary amides is 1. The molecule has 0 aliphatic carbocycles. The molecule has 0 spiro atoms. The lowest BCUT2D eigenvalue weighted by molar-refractivity contribution is -0.119. The number of amides is 1. The predicted octanol–water partition coefficient (Wildman–Crippen LogP) is 2.50. The van der Waals surface area contributed by atoms with Crippen molar-refractivity contribution in [2.45, 2.75) is 25.8 Å². The van der Waals surface area contributed by atoms with E-state index in [4.69, 9.17) is 5.73 Å². The van der Waals surface area contributed by atoms with Crippen molar-refractivity contribution in [2.24, 2.45) is 16.6 Å². The first-order chi connectivity index (χ1) is 12.2. The number of nitrogens with two attached hydrogens (primary N) is 1. The van der Waals surface area contributed by atoms with Crippen LogP contribution in [0.3, 0.4) is 0 Å². The summed E-state index contributed by atoms with van der Waals surface area (Å²) in [5.41, 5.74) is 6.62. The van der Waals surface area contributed by atoms with E-state index in [0.29, 0.717) is 12.3 Å². The van der Waals surface area contributed by atoms with Crippen LogP contribution in [0.25, 0.3) is 10.8 Å². The molecule has 2 aromatic rings. The molecule has 132 valence electrons. The van der Waals surface area contributed by atoms with Crippen molar-refractivity contribution in [1.29, 1.82) is 0 Å². The van der Waals surface area contributed by atoms with Gasteiger partial charge >= 0.3 is 0 Å². The van der Waals surface area contributed by atoms with Crippen molar-refractivity contribution in [1.82, 2.24) is 10.2 Å². The van der Waals surface area contributed by atoms with Crippen LogP contribution in [-0.4, -0.2) is 36.9 Å². The zero-order valence-electron chi connectivity index (χ0n) is 14.7. The minimum atomic E-state index is -0.217. The lowest BCUT2D eigenvalue weighted by Crippen LogP contribution is -2.46. The molecule has 5 heteroatoms. The fourth-order valence-electron chi connectivity index (χ4n) is 3.66. The molecule has 1 heterocycles. The van der Waals surface area contributed by atoms with Crippen LogP contribution >= 0.6 is 0 Å². The van der Waals surface area contributed by atoms with Gasteiger partial charge in [0.2, 0.25) is 5.91 Å². The molecule has 0 bridgehead atoms. The van der Waals surface area contributed by atoms with Crippen LogP contribution in [0, 0.1) is 5.92 Å². The van der Waals surface area contributed by atoms with Gasteiger partial charge in [0.15, 0.2) is 5.96 Å². The SMILES string of the molecule is CN=C(NCc1cccc2ccccc12)N1CCCC(CC(N)=O)C1. The van der Waals surface area contributed by atoms with Gasteiger partial charge in [-0.3, -0.25) is 9.79 Å². The minimum Gasteiger partial charge on any atom is -0.370 e. The van der Waals surface area contributed by atoms with E-state index in [-0.39, 0.29) is 5.91 Å². The molecule has 1 fully saturated rings. The van der Waals surface area contributed by atoms with E-state index in [9.17, 15) is 4.79 Å². The number of fused-ring (bicyclic) bond motifs is 1. The van der Waals surface area contributed by atoms with Crippen molar-refractivity contribution >= 4 is 22.6 Å². The number of piperidine rings is 1. The average Bonchev–Trinajstić information content (AvgIpc) is 2.62. The Balaban J connectivity index is 1.67. The molecule has 3 rings (SSSR count). The summed E-state index contributed by atoms with van der Waals surface area (Å²) in [7, 11) is 1.81. The highest BCUT2D eigenvalue weighted by atomic mass is 16.1. The molecular formula is C20H26N4O. The standard InChI is InChI=1S/C20H26N4O/c1-22-20(24-11-5-6-15(14-24)12-19(21)25)23-13-17-9-4-8-16-7-2-3-10-18(16)17/h2-4,7-10,15H,5-6,11-14H2,1H3,(H2,21,25)(H,22,23). The van der Waals surface area contributed by atoms with E-state index in [0.717, 1.165) is 38.4 Å². The van der Waals surface area contributed by atoms with Crippen LogP contribution in [0.1, 0.15) is 24.8 Å². The summed E-state index contributed by atoms with van der Waals surface area (Å²) in [5, 5.41) is 5.99. The number of hydrogen-bond donors (Lipinski definition) is 2. The highest BCUT2D eigenvalue weighted by Gasteiger charge is 2.23. The minimum absolute atomic E-state index is 0.217. The van der Waals surface area contributed by atoms with E-state index in [1.807, 2.05) is 7.05 Å². The van der Waals surface area contributed by atoms with Gasteiger partial charge in [0.25, 0.3) is 0 Å². The van der Waals surface area contributed by atoms with E-state index in [2.05, 4.69) is 57.7 Å². The average molecular weight is 338 g/mol. The van der Waals surface area contributed by atoms with Crippen molar-refractivity contribution in [3.05, 3.63) is 48.0 Å². The van der Waals surface area contributed by atoms with Crippen molar-refractivity contribution < 1.29 is 4.79 Å². The third kappa shape index (κ3) is 4.29. The number of nitrogens with zero attached hydrogens (tertiary/aromatic N) is 2. The van der Waals surface area contributed by atoms with Gasteiger partial charge in [-0.2, -0.15) is 0 Å². The summed E-state index contributed by atoms with van der Waals surface area (Å²) in [5.74, 6) is 0.995. The van der Waals surface area contributed by atoms with Gasteiger partial charge < -0.3 is 16.0 Å². The van der Waals surface area contributed by atoms with E-state index >= 15 is 0 Å². The number of aliphatic imine (C=N–C) groups is 1. The van der Waals surface area contributed by atoms with Crippen LogP contribution in [0.4, 0.5) is 0 Å². The topological polar surface area (TPSA) is 70.7 Å². The highest BCUT2D eigenvalue weighted by molar-refractivity contribution is 5.86. The Morgan fingerprint density at radius 1 is 1.28 bits per heavy atom. The van der Waals surface area contributed by atoms with E-state index in [1.54, 1.807) is 0 Å². The molecule has 1 aliphatic rings. The normalized spacial score (nSPS) is 18.4. The van der Waals surface area contributed by atoms with Gasteiger partial charge in [0.1, 0.15) is 0 Å². The lowest BCUT2D eigenvalue weighted by Gasteiger charge is -2.34. The summed E-state index contributed by atoms with van der Waals surface area (Å²) < 4.78 is 0. The Kier molecular flexibility index (Phi) is 5.53. The second-order valence-electron chi connectivity index (χ2n) is 6.66. The molecule has 0 aromatic heterocycles. The van der Waals surface area contributed by atoms with Gasteiger partial charge in [-0.15, -0.1) is 0 Å². The monoisotopic (exact) mass is 338 g/mol. The Hall–Kier alpha value is -2.56. The third-order valence-corrected chi connectivity index (χ3v) is 4.84. The predicted molar refractivity (Wildman–Crippen MR) is 102 cm³/mol. The van der Waals surface area contributed by atoms with Crippen LogP contribution in [0.5, 0.6) is 0 Å². The summed E-state index contributed by atoms with van der Waals surface area (Å²) in [4.78, 5) is 17.9. The van der Waals surface area contributed by atoms with Crippen molar-refractivity contribution in [3.63, 3.8) is 0 Å². The molecule has 1 saturated heterocycles. The smallest absolute Gasteiger partial charge is 0.217 e. The summed E-state index contributed by atoms with van der Waals surface area (Å²) >= 11 is 0. The molecular weight excluding hydrogens is 312 g/mol. The van der Waals surface area contributed by atoms with Gasteiger partial charge in [-0.25, -0.2) is 0 Å². The molecule has 1 amide bonds. The molecule has 25 heavy (non-hydrogen) atoms. The molecule has 1 unspecified atom stereocenters. The second-order valence-corrected chi connectivity index (χ2v) is 6.66. The Morgan fingerprint density at radius 2 is 2.08 bits per heavy atom. The summed E-state index contributed by atoms with van der Waals surface area (Å²) in [6, 6.07) is 14.8. The van der Waals surface area contributed by atoms with Crippen LogP contribution in [0.15, 0.2) is 47.5 Å². The number of rotatable bonds is 4. The third-order valence-electron chi connectivity index (χ3n) is 4.84. The van der Waals surface area contributed by atoms with E-state index in [1.165, 1.54) is 16.3 Å². The van der Waals surface area contributed by atoms with Gasteiger partial charge in [0.05, 0.1) is 0 Å². The number of guanidine groups is 1. The first-order valence-electron chi connectivity index (χ1n) is 8.88. The maximum absolute atomic E-state index is 11.2. The first kappa shape index (κ1) is 17.3. The van der Waals surface area contributed by atoms with E-state index < -0.39 is 0 Å². The molecule has 3 N–H and O–H groups in total. The maximum Gasteiger partial charge on any atom is 0.217 e. The molecule has 0 radical (unpaired) electrons. The maximum atomic E-state index is 11.2. The zero-order chi connectivity index (χ0) is 17.6. The Bertz CT molecular complexity index is 766. The van der Waals surface area contributed by atoms with Gasteiger partial charge in [-0.05, 0) is 35.1 Å². The molecule has 5 nitrogen and oxygen atoms in total. The molecule has 0 saturated carbocycles. The number of likely N-dealkylation sites (tertiary alicyclic amines) is 1. The Morgan fingerprint density at radius 3 is 2.88 bits per heavy atom. The second kappa shape index (κ2) is 8.01. The van der Waals surface area contributed by atoms with Crippen molar-refractivity contribution in [3.8, 4) is 0 Å². The summed E-state index contributed by atoms with van der Waals surface area (Å²) in [6.07, 6.45) is 2.57. The van der Waals surface area contributed by atoms with Gasteiger partial charge in [-0.1, -0.05) is 42.5 Å². The number of benzene rings is 2. The molecule has 1 atom stereocenters. The number of hydrogen-bond acceptors (Lipinski definition) is 2. The van der Waals surface area contributed by atoms with Crippen LogP contribution in [-0.2, 0) is 11.3 Å². The first-order valence-corrected chi connectivity index (χ1v) is 8.88. The molecule has 1 aliphatic heterocycles. The van der Waals surface area contributed by atoms with Crippen LogP contribution in [0.2, 0.25) is 0 Å². The van der Waals surface area contributed by atoms with Crippen LogP contribution < -0.4 is 11.1 Å². The Labute approximate surface area is 148 Å². The highest BCUT2D eigenvalue weighted by Crippen LogP contribution is 2.20. The fourth-order valence-corrected chi connectivity index (χ4v) is 3.66. The lowest BCUT2D eigenvalue weighted by atomic mass is 9.95. The fraction of sp³-hybridized carbons (Fsp3) is 0.400. The number of nitrogens with one attached hydrogen (secondary N) is 1. The quantitative estimate of drug-likeness (QED) is 0.665. The zero-order valence-corrected chi connectivity index (χ0v) is 14.7. The van der Waals surface area contributed by atoms with Gasteiger partial charge in [0, 0.05) is 33.1 Å².